The van der Waals surface area contributed by atoms with E-state index in [2.05, 4.69) is 10.3 Å². The van der Waals surface area contributed by atoms with Gasteiger partial charge in [0.05, 0.1) is 6.04 Å². The fraction of sp³-hybridized carbons (Fsp3) is 0.875. The summed E-state index contributed by atoms with van der Waals surface area (Å²) in [7, 11) is 0. The van der Waals surface area contributed by atoms with Gasteiger partial charge >= 0.3 is 0 Å². The van der Waals surface area contributed by atoms with Crippen molar-refractivity contribution in [2.75, 3.05) is 13.1 Å². The van der Waals surface area contributed by atoms with E-state index in [1.807, 2.05) is 6.92 Å². The van der Waals surface area contributed by atoms with Gasteiger partial charge in [0.15, 0.2) is 0 Å². The second-order valence-electron chi connectivity index (χ2n) is 3.28. The number of nitrogens with one attached hydrogen (secondary N) is 1. The van der Waals surface area contributed by atoms with Gasteiger partial charge in [0, 0.05) is 0 Å². The highest BCUT2D eigenvalue weighted by Gasteiger charge is 2.21. The van der Waals surface area contributed by atoms with Crippen molar-refractivity contribution in [2.45, 2.75) is 32.2 Å². The molecule has 0 aromatic carbocycles. The van der Waals surface area contributed by atoms with Crippen LogP contribution in [0.1, 0.15) is 26.2 Å². The van der Waals surface area contributed by atoms with Gasteiger partial charge in [-0.1, -0.05) is 6.42 Å². The maximum atomic E-state index is 11.1. The van der Waals surface area contributed by atoms with Gasteiger partial charge in [0.25, 0.3) is 5.91 Å². The first-order valence-electron chi connectivity index (χ1n) is 4.50. The molecule has 1 atom stereocenters. The molecule has 0 radical (unpaired) electrons. The second kappa shape index (κ2) is 4.42. The average Bonchev–Trinajstić information content (AvgIpc) is 2.17. The summed E-state index contributed by atoms with van der Waals surface area (Å²) in [5, 5.41) is 0. The highest BCUT2D eigenvalue weighted by molar-refractivity contribution is 5.80. The lowest BCUT2D eigenvalue weighted by atomic mass is 10.1. The number of hydrogen-bond acceptors (Lipinski definition) is 3. The molecule has 70 valence electrons. The Labute approximate surface area is 73.1 Å². The molecule has 0 aromatic rings. The van der Waals surface area contributed by atoms with Crippen molar-refractivity contribution >= 4 is 5.91 Å². The molecule has 0 saturated carbocycles. The lowest BCUT2D eigenvalue weighted by Crippen LogP contribution is -2.49. The summed E-state index contributed by atoms with van der Waals surface area (Å²) in [5.74, 6) is 4.97. The van der Waals surface area contributed by atoms with Crippen LogP contribution in [0.3, 0.4) is 0 Å². The van der Waals surface area contributed by atoms with E-state index in [0.717, 1.165) is 13.1 Å². The van der Waals surface area contributed by atoms with Crippen LogP contribution in [0.2, 0.25) is 0 Å². The molecule has 0 spiro atoms. The van der Waals surface area contributed by atoms with Crippen LogP contribution in [0.15, 0.2) is 0 Å². The summed E-state index contributed by atoms with van der Waals surface area (Å²) in [5.41, 5.74) is 2.18. The molecule has 4 heteroatoms. The molecule has 1 amide bonds. The van der Waals surface area contributed by atoms with Crippen molar-refractivity contribution < 1.29 is 4.79 Å². The molecular formula is C8H17N3O. The van der Waals surface area contributed by atoms with Gasteiger partial charge in [-0.2, -0.15) is 0 Å². The second-order valence-corrected chi connectivity index (χ2v) is 3.28. The topological polar surface area (TPSA) is 58.4 Å². The van der Waals surface area contributed by atoms with E-state index in [1.54, 1.807) is 0 Å². The molecule has 1 fully saturated rings. The van der Waals surface area contributed by atoms with Gasteiger partial charge in [-0.15, -0.1) is 0 Å². The SMILES string of the molecule is C[C@@H](C(=O)NN)N1CCCCC1. The lowest BCUT2D eigenvalue weighted by Gasteiger charge is -2.30. The van der Waals surface area contributed by atoms with Crippen molar-refractivity contribution in [3.8, 4) is 0 Å². The maximum Gasteiger partial charge on any atom is 0.250 e. The molecule has 0 bridgehead atoms. The number of piperidine rings is 1. The molecule has 12 heavy (non-hydrogen) atoms. The smallest absolute Gasteiger partial charge is 0.250 e. The van der Waals surface area contributed by atoms with Crippen molar-refractivity contribution in [1.29, 1.82) is 0 Å². The van der Waals surface area contributed by atoms with E-state index in [1.165, 1.54) is 19.3 Å². The van der Waals surface area contributed by atoms with E-state index in [9.17, 15) is 4.79 Å². The van der Waals surface area contributed by atoms with Gasteiger partial charge in [-0.3, -0.25) is 15.1 Å². The number of carbonyl (C=O) groups is 1. The average molecular weight is 171 g/mol. The molecule has 1 heterocycles. The highest BCUT2D eigenvalue weighted by atomic mass is 16.2. The van der Waals surface area contributed by atoms with E-state index >= 15 is 0 Å². The number of nitrogens with two attached hydrogens (primary N) is 1. The minimum absolute atomic E-state index is 0.0738. The Morgan fingerprint density at radius 2 is 2.00 bits per heavy atom. The van der Waals surface area contributed by atoms with Crippen molar-refractivity contribution in [3.05, 3.63) is 0 Å². The van der Waals surface area contributed by atoms with Crippen LogP contribution in [0.25, 0.3) is 0 Å². The monoisotopic (exact) mass is 171 g/mol. The van der Waals surface area contributed by atoms with Crippen LogP contribution in [-0.2, 0) is 4.79 Å². The van der Waals surface area contributed by atoms with Crippen LogP contribution >= 0.6 is 0 Å². The third kappa shape index (κ3) is 2.19. The molecule has 1 aliphatic rings. The van der Waals surface area contributed by atoms with E-state index in [4.69, 9.17) is 5.84 Å². The zero-order valence-corrected chi connectivity index (χ0v) is 7.55. The van der Waals surface area contributed by atoms with Crippen LogP contribution in [0.5, 0.6) is 0 Å². The number of hydrogen-bond donors (Lipinski definition) is 2. The normalized spacial score (nSPS) is 21.8. The molecule has 0 unspecified atom stereocenters. The summed E-state index contributed by atoms with van der Waals surface area (Å²) in [4.78, 5) is 13.3. The number of rotatable bonds is 2. The summed E-state index contributed by atoms with van der Waals surface area (Å²) in [6.07, 6.45) is 3.68. The van der Waals surface area contributed by atoms with Gasteiger partial charge in [-0.05, 0) is 32.9 Å². The number of likely N-dealkylation sites (tertiary alicyclic amines) is 1. The highest BCUT2D eigenvalue weighted by Crippen LogP contribution is 2.11. The maximum absolute atomic E-state index is 11.1. The fourth-order valence-electron chi connectivity index (χ4n) is 1.59. The summed E-state index contributed by atoms with van der Waals surface area (Å²) < 4.78 is 0. The molecule has 0 aromatic heterocycles. The minimum Gasteiger partial charge on any atom is -0.293 e. The third-order valence-corrected chi connectivity index (χ3v) is 2.46. The van der Waals surface area contributed by atoms with E-state index < -0.39 is 0 Å². The number of hydrazine groups is 1. The van der Waals surface area contributed by atoms with Crippen molar-refractivity contribution in [1.82, 2.24) is 10.3 Å². The van der Waals surface area contributed by atoms with Crippen LogP contribution in [0, 0.1) is 0 Å². The molecule has 1 saturated heterocycles. The Morgan fingerprint density at radius 1 is 1.42 bits per heavy atom. The van der Waals surface area contributed by atoms with Crippen LogP contribution in [-0.4, -0.2) is 29.9 Å². The third-order valence-electron chi connectivity index (χ3n) is 2.46. The van der Waals surface area contributed by atoms with E-state index in [-0.39, 0.29) is 11.9 Å². The minimum atomic E-state index is -0.0862. The van der Waals surface area contributed by atoms with Gasteiger partial charge in [-0.25, -0.2) is 5.84 Å². The predicted molar refractivity (Wildman–Crippen MR) is 47.2 cm³/mol. The Balaban J connectivity index is 2.39. The molecule has 3 N–H and O–H groups in total. The zero-order valence-electron chi connectivity index (χ0n) is 7.55. The Morgan fingerprint density at radius 3 is 2.50 bits per heavy atom. The molecule has 0 aliphatic carbocycles. The lowest BCUT2D eigenvalue weighted by molar-refractivity contribution is -0.126. The Kier molecular flexibility index (Phi) is 3.49. The first-order chi connectivity index (χ1) is 5.75. The largest absolute Gasteiger partial charge is 0.293 e. The van der Waals surface area contributed by atoms with Gasteiger partial charge in [0.2, 0.25) is 0 Å². The number of nitrogens with zero attached hydrogens (tertiary/aromatic N) is 1. The van der Waals surface area contributed by atoms with E-state index in [0.29, 0.717) is 0 Å². The van der Waals surface area contributed by atoms with Crippen LogP contribution < -0.4 is 11.3 Å². The van der Waals surface area contributed by atoms with Crippen molar-refractivity contribution in [3.63, 3.8) is 0 Å². The Bertz CT molecular complexity index is 154. The fourth-order valence-corrected chi connectivity index (χ4v) is 1.59. The van der Waals surface area contributed by atoms with Gasteiger partial charge < -0.3 is 0 Å². The summed E-state index contributed by atoms with van der Waals surface area (Å²) >= 11 is 0. The van der Waals surface area contributed by atoms with Crippen molar-refractivity contribution in [2.24, 2.45) is 5.84 Å². The Hall–Kier alpha value is -0.610. The number of amides is 1. The molecule has 1 rings (SSSR count). The predicted octanol–water partition coefficient (Wildman–Crippen LogP) is -0.149. The zero-order chi connectivity index (χ0) is 8.97. The quantitative estimate of drug-likeness (QED) is 0.345. The molecule has 1 aliphatic heterocycles. The standard InChI is InChI=1S/C8H17N3O/c1-7(8(12)10-9)11-5-3-2-4-6-11/h7H,2-6,9H2,1H3,(H,10,12)/t7-/m0/s1. The summed E-state index contributed by atoms with van der Waals surface area (Å²) in [6.45, 7) is 3.94. The first kappa shape index (κ1) is 9.48. The van der Waals surface area contributed by atoms with Crippen LogP contribution in [0.4, 0.5) is 0 Å². The molecule has 4 nitrogen and oxygen atoms in total. The first-order valence-corrected chi connectivity index (χ1v) is 4.50. The summed E-state index contributed by atoms with van der Waals surface area (Å²) in [6, 6.07) is -0.0738. The van der Waals surface area contributed by atoms with Gasteiger partial charge in [0.1, 0.15) is 0 Å². The molecular weight excluding hydrogens is 154 g/mol. The number of carbonyl (C=O) groups excluding carboxylic acids is 1.